The van der Waals surface area contributed by atoms with Crippen molar-refractivity contribution in [2.75, 3.05) is 0 Å². The van der Waals surface area contributed by atoms with Gasteiger partial charge in [-0.3, -0.25) is 0 Å². The third kappa shape index (κ3) is 3.21. The highest BCUT2D eigenvalue weighted by Crippen LogP contribution is 2.23. The van der Waals surface area contributed by atoms with E-state index in [1.807, 2.05) is 12.1 Å². The molecule has 0 spiro atoms. The molecule has 0 aliphatic heterocycles. The topological polar surface area (TPSA) is 93.8 Å². The summed E-state index contributed by atoms with van der Waals surface area (Å²) >= 11 is 5.81. The highest BCUT2D eigenvalue weighted by atomic mass is 35.5. The Kier molecular flexibility index (Phi) is 3.98. The second kappa shape index (κ2) is 4.95. The standard InChI is InChI=1S/C11H10ClN3O2S/c1-11(2,7-14)15-18(16,17)10-4-3-8(6-13)5-9(10)12/h3-5,15H,1-2H3. The molecule has 0 aliphatic rings. The van der Waals surface area contributed by atoms with Crippen LogP contribution in [-0.4, -0.2) is 14.0 Å². The van der Waals surface area contributed by atoms with Gasteiger partial charge in [0.15, 0.2) is 0 Å². The molecule has 0 fully saturated rings. The fourth-order valence-electron chi connectivity index (χ4n) is 1.20. The Morgan fingerprint density at radius 1 is 1.33 bits per heavy atom. The smallest absolute Gasteiger partial charge is 0.207 e. The molecule has 0 aromatic heterocycles. The summed E-state index contributed by atoms with van der Waals surface area (Å²) in [6.07, 6.45) is 0. The summed E-state index contributed by atoms with van der Waals surface area (Å²) in [7, 11) is -3.90. The number of hydrogen-bond donors (Lipinski definition) is 1. The fourth-order valence-corrected chi connectivity index (χ4v) is 3.08. The Bertz CT molecular complexity index is 654. The van der Waals surface area contributed by atoms with Crippen molar-refractivity contribution in [1.82, 2.24) is 4.72 Å². The molecule has 0 atom stereocenters. The minimum atomic E-state index is -3.90. The molecule has 1 aromatic carbocycles. The van der Waals surface area contributed by atoms with Gasteiger partial charge in [-0.15, -0.1) is 0 Å². The van der Waals surface area contributed by atoms with Gasteiger partial charge in [0.2, 0.25) is 10.0 Å². The summed E-state index contributed by atoms with van der Waals surface area (Å²) in [5, 5.41) is 17.4. The van der Waals surface area contributed by atoms with E-state index in [1.165, 1.54) is 32.0 Å². The van der Waals surface area contributed by atoms with Gasteiger partial charge < -0.3 is 0 Å². The molecule has 0 saturated heterocycles. The first-order valence-corrected chi connectivity index (χ1v) is 6.73. The van der Waals surface area contributed by atoms with Gasteiger partial charge in [-0.2, -0.15) is 15.2 Å². The van der Waals surface area contributed by atoms with Crippen molar-refractivity contribution in [1.29, 1.82) is 10.5 Å². The van der Waals surface area contributed by atoms with Crippen LogP contribution in [0.3, 0.4) is 0 Å². The quantitative estimate of drug-likeness (QED) is 0.915. The summed E-state index contributed by atoms with van der Waals surface area (Å²) in [6.45, 7) is 2.87. The molecule has 94 valence electrons. The average Bonchev–Trinajstić information content (AvgIpc) is 2.27. The van der Waals surface area contributed by atoms with E-state index in [1.54, 1.807) is 0 Å². The summed E-state index contributed by atoms with van der Waals surface area (Å²) in [4.78, 5) is -0.161. The van der Waals surface area contributed by atoms with Crippen LogP contribution in [0.2, 0.25) is 5.02 Å². The Morgan fingerprint density at radius 2 is 1.94 bits per heavy atom. The lowest BCUT2D eigenvalue weighted by molar-refractivity contribution is 0.536. The van der Waals surface area contributed by atoms with Crippen LogP contribution in [0.25, 0.3) is 0 Å². The zero-order valence-electron chi connectivity index (χ0n) is 9.73. The lowest BCUT2D eigenvalue weighted by Gasteiger charge is -2.18. The first-order chi connectivity index (χ1) is 8.22. The van der Waals surface area contributed by atoms with Gasteiger partial charge in [-0.05, 0) is 32.0 Å². The van der Waals surface area contributed by atoms with Gasteiger partial charge in [0, 0.05) is 0 Å². The molecule has 0 heterocycles. The first kappa shape index (κ1) is 14.5. The Morgan fingerprint density at radius 3 is 2.39 bits per heavy atom. The van der Waals surface area contributed by atoms with E-state index in [2.05, 4.69) is 4.72 Å². The van der Waals surface area contributed by atoms with Crippen LogP contribution in [0.4, 0.5) is 0 Å². The van der Waals surface area contributed by atoms with Gasteiger partial charge >= 0.3 is 0 Å². The van der Waals surface area contributed by atoms with Crippen molar-refractivity contribution < 1.29 is 8.42 Å². The molecule has 1 N–H and O–H groups in total. The number of benzene rings is 1. The molecule has 0 aliphatic carbocycles. The van der Waals surface area contributed by atoms with Crippen molar-refractivity contribution in [2.24, 2.45) is 0 Å². The van der Waals surface area contributed by atoms with Crippen molar-refractivity contribution in [2.45, 2.75) is 24.3 Å². The number of nitriles is 2. The van der Waals surface area contributed by atoms with Gasteiger partial charge in [-0.1, -0.05) is 11.6 Å². The van der Waals surface area contributed by atoms with Crippen LogP contribution >= 0.6 is 11.6 Å². The lowest BCUT2D eigenvalue weighted by Crippen LogP contribution is -2.42. The normalized spacial score (nSPS) is 11.6. The highest BCUT2D eigenvalue weighted by Gasteiger charge is 2.27. The summed E-state index contributed by atoms with van der Waals surface area (Å²) < 4.78 is 26.2. The van der Waals surface area contributed by atoms with Crippen LogP contribution in [0.1, 0.15) is 19.4 Å². The monoisotopic (exact) mass is 283 g/mol. The van der Waals surface area contributed by atoms with E-state index in [-0.39, 0.29) is 15.5 Å². The maximum atomic E-state index is 12.0. The van der Waals surface area contributed by atoms with E-state index in [4.69, 9.17) is 22.1 Å². The Hall–Kier alpha value is -1.60. The minimum Gasteiger partial charge on any atom is -0.207 e. The van der Waals surface area contributed by atoms with Crippen LogP contribution < -0.4 is 4.72 Å². The molecule has 0 radical (unpaired) electrons. The molecule has 0 bridgehead atoms. The number of rotatable bonds is 3. The number of nitrogens with one attached hydrogen (secondary N) is 1. The summed E-state index contributed by atoms with van der Waals surface area (Å²) in [5.41, 5.74) is -0.978. The summed E-state index contributed by atoms with van der Waals surface area (Å²) in [6, 6.07) is 7.52. The van der Waals surface area contributed by atoms with E-state index >= 15 is 0 Å². The van der Waals surface area contributed by atoms with E-state index in [0.717, 1.165) is 0 Å². The molecular formula is C11H10ClN3O2S. The SMILES string of the molecule is CC(C)(C#N)NS(=O)(=O)c1ccc(C#N)cc1Cl. The van der Waals surface area contributed by atoms with Gasteiger partial charge in [0.25, 0.3) is 0 Å². The third-order valence-electron chi connectivity index (χ3n) is 2.02. The van der Waals surface area contributed by atoms with Crippen molar-refractivity contribution >= 4 is 21.6 Å². The molecule has 1 rings (SSSR count). The number of hydrogen-bond acceptors (Lipinski definition) is 4. The van der Waals surface area contributed by atoms with Gasteiger partial charge in [0.05, 0.1) is 22.7 Å². The maximum Gasteiger partial charge on any atom is 0.243 e. The predicted molar refractivity (Wildman–Crippen MR) is 66.2 cm³/mol. The first-order valence-electron chi connectivity index (χ1n) is 4.87. The van der Waals surface area contributed by atoms with E-state index in [9.17, 15) is 8.42 Å². The minimum absolute atomic E-state index is 0.0599. The molecule has 18 heavy (non-hydrogen) atoms. The third-order valence-corrected chi connectivity index (χ3v) is 4.16. The molecule has 0 unspecified atom stereocenters. The largest absolute Gasteiger partial charge is 0.243 e. The fraction of sp³-hybridized carbons (Fsp3) is 0.273. The second-order valence-electron chi connectivity index (χ2n) is 4.10. The van der Waals surface area contributed by atoms with Crippen molar-refractivity contribution in [3.8, 4) is 12.1 Å². The molecule has 5 nitrogen and oxygen atoms in total. The molecule has 0 saturated carbocycles. The number of nitrogens with zero attached hydrogens (tertiary/aromatic N) is 2. The van der Waals surface area contributed by atoms with Crippen LogP contribution in [0, 0.1) is 22.7 Å². The molecule has 1 aromatic rings. The highest BCUT2D eigenvalue weighted by molar-refractivity contribution is 7.89. The number of sulfonamides is 1. The number of halogens is 1. The van der Waals surface area contributed by atoms with Crippen molar-refractivity contribution in [3.63, 3.8) is 0 Å². The molecule has 7 heteroatoms. The van der Waals surface area contributed by atoms with Gasteiger partial charge in [0.1, 0.15) is 10.4 Å². The van der Waals surface area contributed by atoms with Gasteiger partial charge in [-0.25, -0.2) is 8.42 Å². The Labute approximate surface area is 111 Å². The zero-order valence-corrected chi connectivity index (χ0v) is 11.3. The van der Waals surface area contributed by atoms with E-state index < -0.39 is 15.6 Å². The average molecular weight is 284 g/mol. The second-order valence-corrected chi connectivity index (χ2v) is 6.16. The maximum absolute atomic E-state index is 12.0. The summed E-state index contributed by atoms with van der Waals surface area (Å²) in [5.74, 6) is 0. The van der Waals surface area contributed by atoms with Crippen LogP contribution in [-0.2, 0) is 10.0 Å². The predicted octanol–water partition coefficient (Wildman–Crippen LogP) is 1.79. The molecular weight excluding hydrogens is 274 g/mol. The van der Waals surface area contributed by atoms with Crippen molar-refractivity contribution in [3.05, 3.63) is 28.8 Å². The molecule has 0 amide bonds. The van der Waals surface area contributed by atoms with Crippen LogP contribution in [0.15, 0.2) is 23.1 Å². The Balaban J connectivity index is 3.24. The van der Waals surface area contributed by atoms with E-state index in [0.29, 0.717) is 0 Å². The lowest BCUT2D eigenvalue weighted by atomic mass is 10.1. The van der Waals surface area contributed by atoms with Crippen LogP contribution in [0.5, 0.6) is 0 Å². The zero-order chi connectivity index (χ0) is 14.0.